The van der Waals surface area contributed by atoms with Gasteiger partial charge in [0.15, 0.2) is 0 Å². The molecule has 1 aromatic carbocycles. The summed E-state index contributed by atoms with van der Waals surface area (Å²) in [6.07, 6.45) is 3.32. The Kier molecular flexibility index (Phi) is 2.91. The Hall–Kier alpha value is -2.56. The van der Waals surface area contributed by atoms with Gasteiger partial charge in [0, 0.05) is 11.9 Å². The van der Waals surface area contributed by atoms with E-state index in [1.807, 2.05) is 6.07 Å². The lowest BCUT2D eigenvalue weighted by molar-refractivity contribution is 0.100. The van der Waals surface area contributed by atoms with Gasteiger partial charge >= 0.3 is 0 Å². The molecule has 86 valence electrons. The number of hydrogen-bond donors (Lipinski definition) is 3. The second-order valence-corrected chi connectivity index (χ2v) is 3.54. The van der Waals surface area contributed by atoms with Crippen LogP contribution in [0, 0.1) is 0 Å². The third-order valence-corrected chi connectivity index (χ3v) is 2.25. The van der Waals surface area contributed by atoms with Crippen LogP contribution in [0.15, 0.2) is 42.7 Å². The number of nitrogens with one attached hydrogen (secondary N) is 1. The van der Waals surface area contributed by atoms with Crippen LogP contribution >= 0.6 is 0 Å². The van der Waals surface area contributed by atoms with Crippen LogP contribution in [0.3, 0.4) is 0 Å². The molecule has 0 radical (unpaired) electrons. The fourth-order valence-electron chi connectivity index (χ4n) is 1.47. The zero-order chi connectivity index (χ0) is 12.3. The van der Waals surface area contributed by atoms with E-state index in [-0.39, 0.29) is 0 Å². The molecule has 2 rings (SSSR count). The van der Waals surface area contributed by atoms with Crippen LogP contribution in [-0.2, 0) is 0 Å². The van der Waals surface area contributed by atoms with Gasteiger partial charge in [-0.1, -0.05) is 0 Å². The van der Waals surface area contributed by atoms with E-state index in [1.54, 1.807) is 36.7 Å². The highest BCUT2D eigenvalue weighted by Gasteiger charge is 2.08. The topological polar surface area (TPSA) is 94.0 Å². The lowest BCUT2D eigenvalue weighted by Crippen LogP contribution is -2.13. The molecule has 0 spiro atoms. The number of aromatic nitrogens is 1. The Bertz CT molecular complexity index is 539. The number of nitrogen functional groups attached to an aromatic ring is 1. The van der Waals surface area contributed by atoms with E-state index in [2.05, 4.69) is 10.3 Å². The average molecular weight is 228 g/mol. The quantitative estimate of drug-likeness (QED) is 0.694. The minimum atomic E-state index is -0.524. The van der Waals surface area contributed by atoms with Crippen molar-refractivity contribution in [3.8, 4) is 0 Å². The van der Waals surface area contributed by atoms with E-state index in [1.165, 1.54) is 0 Å². The van der Waals surface area contributed by atoms with Crippen molar-refractivity contribution < 1.29 is 4.79 Å². The van der Waals surface area contributed by atoms with Gasteiger partial charge in [0.25, 0.3) is 5.91 Å². The molecule has 0 bridgehead atoms. The number of pyridine rings is 1. The van der Waals surface area contributed by atoms with E-state index in [4.69, 9.17) is 11.5 Å². The molecule has 5 nitrogen and oxygen atoms in total. The second-order valence-electron chi connectivity index (χ2n) is 3.54. The predicted molar refractivity (Wildman–Crippen MR) is 66.9 cm³/mol. The summed E-state index contributed by atoms with van der Waals surface area (Å²) in [7, 11) is 0. The Morgan fingerprint density at radius 2 is 2.12 bits per heavy atom. The van der Waals surface area contributed by atoms with Crippen LogP contribution in [0.5, 0.6) is 0 Å². The Morgan fingerprint density at radius 1 is 1.29 bits per heavy atom. The van der Waals surface area contributed by atoms with Crippen molar-refractivity contribution in [2.24, 2.45) is 5.73 Å². The number of amides is 1. The van der Waals surface area contributed by atoms with Gasteiger partial charge in [-0.05, 0) is 30.3 Å². The van der Waals surface area contributed by atoms with Gasteiger partial charge in [0.1, 0.15) is 0 Å². The van der Waals surface area contributed by atoms with Gasteiger partial charge in [-0.25, -0.2) is 0 Å². The van der Waals surface area contributed by atoms with Gasteiger partial charge in [-0.2, -0.15) is 0 Å². The van der Waals surface area contributed by atoms with Crippen molar-refractivity contribution in [2.45, 2.75) is 0 Å². The number of hydrogen-bond acceptors (Lipinski definition) is 4. The fourth-order valence-corrected chi connectivity index (χ4v) is 1.47. The normalized spacial score (nSPS) is 9.88. The van der Waals surface area contributed by atoms with Crippen molar-refractivity contribution in [3.05, 3.63) is 48.3 Å². The molecule has 1 heterocycles. The predicted octanol–water partition coefficient (Wildman–Crippen LogP) is 1.51. The van der Waals surface area contributed by atoms with Crippen LogP contribution in [0.4, 0.5) is 17.1 Å². The number of anilines is 3. The number of primary amides is 1. The highest BCUT2D eigenvalue weighted by Crippen LogP contribution is 2.22. The van der Waals surface area contributed by atoms with Crippen molar-refractivity contribution in [1.82, 2.24) is 4.98 Å². The number of benzene rings is 1. The molecule has 17 heavy (non-hydrogen) atoms. The monoisotopic (exact) mass is 228 g/mol. The lowest BCUT2D eigenvalue weighted by Gasteiger charge is -2.10. The van der Waals surface area contributed by atoms with Crippen molar-refractivity contribution in [2.75, 3.05) is 11.1 Å². The zero-order valence-corrected chi connectivity index (χ0v) is 9.05. The summed E-state index contributed by atoms with van der Waals surface area (Å²) in [5.41, 5.74) is 13.1. The molecule has 0 aliphatic carbocycles. The zero-order valence-electron chi connectivity index (χ0n) is 9.05. The summed E-state index contributed by atoms with van der Waals surface area (Å²) in [6, 6.07) is 8.59. The third kappa shape index (κ3) is 2.52. The largest absolute Gasteiger partial charge is 0.399 e. The maximum absolute atomic E-state index is 11.3. The first-order valence-corrected chi connectivity index (χ1v) is 5.03. The van der Waals surface area contributed by atoms with E-state index in [0.717, 1.165) is 5.69 Å². The number of rotatable bonds is 3. The van der Waals surface area contributed by atoms with E-state index >= 15 is 0 Å². The molecule has 0 saturated carbocycles. The molecular formula is C12H12N4O. The summed E-state index contributed by atoms with van der Waals surface area (Å²) in [5, 5.41) is 3.06. The molecule has 5 N–H and O–H groups in total. The second kappa shape index (κ2) is 4.52. The number of nitrogens with two attached hydrogens (primary N) is 2. The first-order chi connectivity index (χ1) is 8.16. The van der Waals surface area contributed by atoms with E-state index < -0.39 is 5.91 Å². The summed E-state index contributed by atoms with van der Waals surface area (Å²) >= 11 is 0. The van der Waals surface area contributed by atoms with Gasteiger partial charge in [0.05, 0.1) is 23.1 Å². The van der Waals surface area contributed by atoms with Crippen molar-refractivity contribution >= 4 is 23.0 Å². The van der Waals surface area contributed by atoms with Crippen molar-refractivity contribution in [3.63, 3.8) is 0 Å². The number of nitrogens with zero attached hydrogens (tertiary/aromatic N) is 1. The van der Waals surface area contributed by atoms with Crippen molar-refractivity contribution in [1.29, 1.82) is 0 Å². The van der Waals surface area contributed by atoms with Crippen LogP contribution < -0.4 is 16.8 Å². The SMILES string of the molecule is NC(=O)c1cc(N)ccc1Nc1cccnc1. The van der Waals surface area contributed by atoms with E-state index in [9.17, 15) is 4.79 Å². The first kappa shape index (κ1) is 10.9. The summed E-state index contributed by atoms with van der Waals surface area (Å²) in [4.78, 5) is 15.2. The lowest BCUT2D eigenvalue weighted by atomic mass is 10.1. The van der Waals surface area contributed by atoms with E-state index in [0.29, 0.717) is 16.9 Å². The maximum atomic E-state index is 11.3. The highest BCUT2D eigenvalue weighted by molar-refractivity contribution is 6.00. The molecule has 0 unspecified atom stereocenters. The van der Waals surface area contributed by atoms with Crippen LogP contribution in [0.25, 0.3) is 0 Å². The minimum Gasteiger partial charge on any atom is -0.399 e. The average Bonchev–Trinajstić information content (AvgIpc) is 2.32. The highest BCUT2D eigenvalue weighted by atomic mass is 16.1. The molecular weight excluding hydrogens is 216 g/mol. The van der Waals surface area contributed by atoms with Gasteiger partial charge in [-0.3, -0.25) is 9.78 Å². The van der Waals surface area contributed by atoms with Gasteiger partial charge in [0.2, 0.25) is 0 Å². The molecule has 0 atom stereocenters. The standard InChI is InChI=1S/C12H12N4O/c13-8-3-4-11(10(6-8)12(14)17)16-9-2-1-5-15-7-9/h1-7,16H,13H2,(H2,14,17). The number of carbonyl (C=O) groups excluding carboxylic acids is 1. The summed E-state index contributed by atoms with van der Waals surface area (Å²) in [5.74, 6) is -0.524. The molecule has 0 aliphatic heterocycles. The Morgan fingerprint density at radius 3 is 2.76 bits per heavy atom. The van der Waals surface area contributed by atoms with Crippen LogP contribution in [0.1, 0.15) is 10.4 Å². The smallest absolute Gasteiger partial charge is 0.250 e. The molecule has 5 heteroatoms. The molecule has 1 aromatic heterocycles. The Labute approximate surface area is 98.5 Å². The maximum Gasteiger partial charge on any atom is 0.250 e. The first-order valence-electron chi connectivity index (χ1n) is 5.03. The summed E-state index contributed by atoms with van der Waals surface area (Å²) < 4.78 is 0. The molecule has 1 amide bonds. The van der Waals surface area contributed by atoms with Crippen LogP contribution in [-0.4, -0.2) is 10.9 Å². The molecule has 2 aromatic rings. The summed E-state index contributed by atoms with van der Waals surface area (Å²) in [6.45, 7) is 0. The molecule has 0 saturated heterocycles. The molecule has 0 fully saturated rings. The minimum absolute atomic E-state index is 0.355. The molecule has 0 aliphatic rings. The number of carbonyl (C=O) groups is 1. The van der Waals surface area contributed by atoms with Gasteiger partial charge < -0.3 is 16.8 Å². The Balaban J connectivity index is 2.36. The van der Waals surface area contributed by atoms with Crippen LogP contribution in [0.2, 0.25) is 0 Å². The fraction of sp³-hybridized carbons (Fsp3) is 0. The van der Waals surface area contributed by atoms with Gasteiger partial charge in [-0.15, -0.1) is 0 Å². The third-order valence-electron chi connectivity index (χ3n) is 2.25.